The molecular formula is C14H16FNO2. The predicted molar refractivity (Wildman–Crippen MR) is 68.0 cm³/mol. The van der Waals surface area contributed by atoms with Gasteiger partial charge < -0.3 is 9.64 Å². The minimum atomic E-state index is -0.600. The first kappa shape index (κ1) is 14.0. The first-order chi connectivity index (χ1) is 8.63. The number of ether oxygens (including phenoxy) is 1. The lowest BCUT2D eigenvalue weighted by Gasteiger charge is -2.19. The molecule has 1 amide bonds. The highest BCUT2D eigenvalue weighted by Gasteiger charge is 2.18. The Kier molecular flexibility index (Phi) is 5.19. The zero-order valence-electron chi connectivity index (χ0n) is 10.6. The van der Waals surface area contributed by atoms with Gasteiger partial charge in [-0.3, -0.25) is 4.79 Å². The topological polar surface area (TPSA) is 29.5 Å². The number of halogens is 1. The van der Waals surface area contributed by atoms with E-state index in [1.807, 2.05) is 6.92 Å². The fraction of sp³-hybridized carbons (Fsp3) is 0.357. The number of nitrogens with zero attached hydrogens (tertiary/aromatic N) is 1. The van der Waals surface area contributed by atoms with Crippen LogP contribution in [0.5, 0.6) is 5.75 Å². The minimum absolute atomic E-state index is 0.0134. The number of terminal acetylenes is 1. The summed E-state index contributed by atoms with van der Waals surface area (Å²) in [4.78, 5) is 13.5. The molecule has 0 N–H and O–H groups in total. The molecular weight excluding hydrogens is 233 g/mol. The number of hydrogen-bond acceptors (Lipinski definition) is 2. The highest BCUT2D eigenvalue weighted by Crippen LogP contribution is 2.17. The van der Waals surface area contributed by atoms with Gasteiger partial charge in [0, 0.05) is 12.6 Å². The summed E-state index contributed by atoms with van der Waals surface area (Å²) < 4.78 is 18.6. The predicted octanol–water partition coefficient (Wildman–Crippen LogP) is 2.32. The zero-order valence-corrected chi connectivity index (χ0v) is 10.6. The lowest BCUT2D eigenvalue weighted by atomic mass is 10.1. The van der Waals surface area contributed by atoms with Crippen molar-refractivity contribution >= 4 is 5.91 Å². The molecule has 3 nitrogen and oxygen atoms in total. The van der Waals surface area contributed by atoms with E-state index in [0.29, 0.717) is 12.3 Å². The minimum Gasteiger partial charge on any atom is -0.497 e. The van der Waals surface area contributed by atoms with Crippen molar-refractivity contribution in [2.45, 2.75) is 13.3 Å². The van der Waals surface area contributed by atoms with Crippen LogP contribution < -0.4 is 4.74 Å². The van der Waals surface area contributed by atoms with Gasteiger partial charge in [0.1, 0.15) is 11.6 Å². The smallest absolute Gasteiger partial charge is 0.257 e. The van der Waals surface area contributed by atoms with E-state index in [2.05, 4.69) is 5.92 Å². The van der Waals surface area contributed by atoms with Gasteiger partial charge in [0.25, 0.3) is 5.91 Å². The molecule has 0 spiro atoms. The van der Waals surface area contributed by atoms with E-state index in [4.69, 9.17) is 11.2 Å². The average Bonchev–Trinajstić information content (AvgIpc) is 2.37. The molecule has 0 fully saturated rings. The molecule has 1 aromatic rings. The summed E-state index contributed by atoms with van der Waals surface area (Å²) in [5.41, 5.74) is 0.0134. The second-order valence-corrected chi connectivity index (χ2v) is 3.78. The van der Waals surface area contributed by atoms with Crippen LogP contribution in [0.25, 0.3) is 0 Å². The highest BCUT2D eigenvalue weighted by atomic mass is 19.1. The summed E-state index contributed by atoms with van der Waals surface area (Å²) in [6.45, 7) is 2.62. The van der Waals surface area contributed by atoms with Crippen molar-refractivity contribution < 1.29 is 13.9 Å². The summed E-state index contributed by atoms with van der Waals surface area (Å²) in [6.07, 6.45) is 5.97. The van der Waals surface area contributed by atoms with Crippen molar-refractivity contribution in [2.75, 3.05) is 20.2 Å². The van der Waals surface area contributed by atoms with Crippen LogP contribution >= 0.6 is 0 Å². The second-order valence-electron chi connectivity index (χ2n) is 3.78. The summed E-state index contributed by atoms with van der Waals surface area (Å²) in [5, 5.41) is 0. The number of methoxy groups -OCH3 is 1. The first-order valence-corrected chi connectivity index (χ1v) is 5.70. The molecule has 96 valence electrons. The van der Waals surface area contributed by atoms with Crippen molar-refractivity contribution in [3.8, 4) is 18.1 Å². The third kappa shape index (κ3) is 3.24. The van der Waals surface area contributed by atoms with Crippen molar-refractivity contribution in [3.63, 3.8) is 0 Å². The quantitative estimate of drug-likeness (QED) is 0.749. The maximum absolute atomic E-state index is 13.7. The lowest BCUT2D eigenvalue weighted by molar-refractivity contribution is 0.0772. The number of carbonyl (C=O) groups is 1. The molecule has 0 atom stereocenters. The third-order valence-corrected chi connectivity index (χ3v) is 2.47. The number of amides is 1. The third-order valence-electron chi connectivity index (χ3n) is 2.47. The number of carbonyl (C=O) groups excluding carboxylic acids is 1. The zero-order chi connectivity index (χ0) is 13.5. The monoisotopic (exact) mass is 249 g/mol. The Labute approximate surface area is 107 Å². The molecule has 0 saturated carbocycles. The van der Waals surface area contributed by atoms with E-state index in [9.17, 15) is 9.18 Å². The normalized spacial score (nSPS) is 9.67. The molecule has 0 heterocycles. The van der Waals surface area contributed by atoms with Crippen molar-refractivity contribution in [3.05, 3.63) is 29.6 Å². The largest absolute Gasteiger partial charge is 0.497 e. The van der Waals surface area contributed by atoms with Gasteiger partial charge in [0.15, 0.2) is 0 Å². The van der Waals surface area contributed by atoms with E-state index < -0.39 is 11.7 Å². The number of hydrogen-bond donors (Lipinski definition) is 0. The summed E-state index contributed by atoms with van der Waals surface area (Å²) in [6, 6.07) is 4.15. The van der Waals surface area contributed by atoms with Crippen LogP contribution in [0, 0.1) is 18.2 Å². The number of benzene rings is 1. The van der Waals surface area contributed by atoms with Gasteiger partial charge in [0.2, 0.25) is 0 Å². The summed E-state index contributed by atoms with van der Waals surface area (Å²) >= 11 is 0. The van der Waals surface area contributed by atoms with Crippen LogP contribution in [0.4, 0.5) is 4.39 Å². The van der Waals surface area contributed by atoms with Crippen LogP contribution in [0.3, 0.4) is 0 Å². The SMILES string of the molecule is C#CCN(CCC)C(=O)c1ccc(OC)cc1F. The van der Waals surface area contributed by atoms with Gasteiger partial charge in [-0.25, -0.2) is 4.39 Å². The number of rotatable bonds is 5. The molecule has 0 bridgehead atoms. The fourth-order valence-electron chi connectivity index (χ4n) is 1.60. The van der Waals surface area contributed by atoms with Crippen LogP contribution in [0.2, 0.25) is 0 Å². The molecule has 0 radical (unpaired) electrons. The molecule has 18 heavy (non-hydrogen) atoms. The van der Waals surface area contributed by atoms with Crippen LogP contribution in [-0.2, 0) is 0 Å². The van der Waals surface area contributed by atoms with E-state index in [0.717, 1.165) is 6.42 Å². The lowest BCUT2D eigenvalue weighted by Crippen LogP contribution is -2.32. The van der Waals surface area contributed by atoms with Gasteiger partial charge in [-0.1, -0.05) is 12.8 Å². The fourth-order valence-corrected chi connectivity index (χ4v) is 1.60. The Hall–Kier alpha value is -2.02. The maximum atomic E-state index is 13.7. The summed E-state index contributed by atoms with van der Waals surface area (Å²) in [7, 11) is 1.44. The molecule has 0 aromatic heterocycles. The first-order valence-electron chi connectivity index (χ1n) is 5.70. The van der Waals surface area contributed by atoms with Crippen molar-refractivity contribution in [1.29, 1.82) is 0 Å². The van der Waals surface area contributed by atoms with Gasteiger partial charge in [-0.2, -0.15) is 0 Å². The van der Waals surface area contributed by atoms with Gasteiger partial charge in [-0.05, 0) is 18.6 Å². The molecule has 0 aliphatic carbocycles. The molecule has 0 saturated heterocycles. The van der Waals surface area contributed by atoms with Gasteiger partial charge in [-0.15, -0.1) is 6.42 Å². The van der Waals surface area contributed by atoms with Gasteiger partial charge in [0.05, 0.1) is 19.2 Å². The second kappa shape index (κ2) is 6.65. The van der Waals surface area contributed by atoms with Gasteiger partial charge >= 0.3 is 0 Å². The Balaban J connectivity index is 2.98. The molecule has 0 aliphatic heterocycles. The molecule has 4 heteroatoms. The van der Waals surface area contributed by atoms with E-state index in [1.165, 1.54) is 24.1 Å². The Bertz CT molecular complexity index is 465. The average molecular weight is 249 g/mol. The van der Waals surface area contributed by atoms with Crippen LogP contribution in [0.15, 0.2) is 18.2 Å². The summed E-state index contributed by atoms with van der Waals surface area (Å²) in [5.74, 6) is 1.79. The Morgan fingerprint density at radius 1 is 1.56 bits per heavy atom. The van der Waals surface area contributed by atoms with E-state index >= 15 is 0 Å². The van der Waals surface area contributed by atoms with Crippen molar-refractivity contribution in [2.24, 2.45) is 0 Å². The molecule has 1 aromatic carbocycles. The molecule has 0 aliphatic rings. The Morgan fingerprint density at radius 2 is 2.28 bits per heavy atom. The maximum Gasteiger partial charge on any atom is 0.257 e. The standard InChI is InChI=1S/C14H16FNO2/c1-4-8-16(9-5-2)14(17)12-7-6-11(18-3)10-13(12)15/h1,6-7,10H,5,8-9H2,2-3H3. The Morgan fingerprint density at radius 3 is 2.78 bits per heavy atom. The van der Waals surface area contributed by atoms with E-state index in [-0.39, 0.29) is 12.1 Å². The van der Waals surface area contributed by atoms with Crippen LogP contribution in [-0.4, -0.2) is 31.0 Å². The van der Waals surface area contributed by atoms with Crippen molar-refractivity contribution in [1.82, 2.24) is 4.90 Å². The molecule has 1 rings (SSSR count). The van der Waals surface area contributed by atoms with Crippen LogP contribution in [0.1, 0.15) is 23.7 Å². The molecule has 0 unspecified atom stereocenters. The highest BCUT2D eigenvalue weighted by molar-refractivity contribution is 5.94. The van der Waals surface area contributed by atoms with E-state index in [1.54, 1.807) is 6.07 Å².